The third-order valence-electron chi connectivity index (χ3n) is 2.82. The van der Waals surface area contributed by atoms with E-state index in [0.717, 1.165) is 0 Å². The Bertz CT molecular complexity index is 253. The molecule has 0 amide bonds. The van der Waals surface area contributed by atoms with E-state index < -0.39 is 14.5 Å². The quantitative estimate of drug-likeness (QED) is 0.348. The van der Waals surface area contributed by atoms with Crippen LogP contribution in [0.2, 0.25) is 18.1 Å². The summed E-state index contributed by atoms with van der Waals surface area (Å²) in [6.07, 6.45) is 2.21. The molecule has 4 nitrogen and oxygen atoms in total. The van der Waals surface area contributed by atoms with Gasteiger partial charge >= 0.3 is 6.16 Å². The Hall–Kier alpha value is -0.813. The zero-order valence-corrected chi connectivity index (χ0v) is 11.7. The minimum atomic E-state index is -1.68. The van der Waals surface area contributed by atoms with Crippen LogP contribution in [-0.4, -0.2) is 26.2 Å². The zero-order valence-electron chi connectivity index (χ0n) is 10.7. The van der Waals surface area contributed by atoms with E-state index in [1.54, 1.807) is 6.08 Å². The first kappa shape index (κ1) is 15.2. The van der Waals surface area contributed by atoms with Crippen molar-refractivity contribution in [2.75, 3.05) is 6.61 Å². The van der Waals surface area contributed by atoms with E-state index in [1.807, 2.05) is 0 Å². The predicted molar refractivity (Wildman–Crippen MR) is 66.0 cm³/mol. The number of hydrogen-bond acceptors (Lipinski definition) is 3. The van der Waals surface area contributed by atoms with E-state index in [9.17, 15) is 4.79 Å². The molecule has 0 aliphatic heterocycles. The lowest BCUT2D eigenvalue weighted by Crippen LogP contribution is -2.40. The maximum atomic E-state index is 10.0. The van der Waals surface area contributed by atoms with Gasteiger partial charge in [0.15, 0.2) is 8.32 Å². The van der Waals surface area contributed by atoms with E-state index in [1.165, 1.54) is 6.26 Å². The fourth-order valence-electron chi connectivity index (χ4n) is 0.773. The van der Waals surface area contributed by atoms with Crippen LogP contribution in [0.3, 0.4) is 0 Å². The van der Waals surface area contributed by atoms with Crippen molar-refractivity contribution < 1.29 is 19.1 Å². The highest BCUT2D eigenvalue weighted by Gasteiger charge is 2.36. The van der Waals surface area contributed by atoms with Gasteiger partial charge in [-0.05, 0) is 30.6 Å². The third-order valence-corrected chi connectivity index (χ3v) is 7.36. The van der Waals surface area contributed by atoms with Gasteiger partial charge in [0.25, 0.3) is 0 Å². The Morgan fingerprint density at radius 2 is 1.94 bits per heavy atom. The maximum absolute atomic E-state index is 10.0. The molecule has 0 radical (unpaired) electrons. The predicted octanol–water partition coefficient (Wildman–Crippen LogP) is 3.61. The Labute approximate surface area is 98.4 Å². The second-order valence-electron chi connectivity index (χ2n) is 5.15. The average molecular weight is 246 g/mol. The van der Waals surface area contributed by atoms with Gasteiger partial charge in [-0.2, -0.15) is 0 Å². The van der Waals surface area contributed by atoms with Gasteiger partial charge in [-0.25, -0.2) is 4.79 Å². The SMILES string of the molecule is CC(C)(C)[Si](C)(C)OCCC=COC(=O)O. The van der Waals surface area contributed by atoms with Crippen molar-refractivity contribution in [3.05, 3.63) is 12.3 Å². The molecule has 5 heteroatoms. The smallest absolute Gasteiger partial charge is 0.449 e. The molecule has 0 aromatic heterocycles. The minimum Gasteiger partial charge on any atom is -0.449 e. The van der Waals surface area contributed by atoms with Crippen molar-refractivity contribution in [2.45, 2.75) is 45.3 Å². The van der Waals surface area contributed by atoms with Crippen LogP contribution in [0.5, 0.6) is 0 Å². The van der Waals surface area contributed by atoms with Crippen molar-refractivity contribution in [2.24, 2.45) is 0 Å². The monoisotopic (exact) mass is 246 g/mol. The highest BCUT2D eigenvalue weighted by molar-refractivity contribution is 6.74. The van der Waals surface area contributed by atoms with E-state index in [2.05, 4.69) is 38.6 Å². The van der Waals surface area contributed by atoms with Crippen molar-refractivity contribution in [3.8, 4) is 0 Å². The van der Waals surface area contributed by atoms with Crippen LogP contribution in [0.4, 0.5) is 4.79 Å². The van der Waals surface area contributed by atoms with Crippen molar-refractivity contribution in [1.29, 1.82) is 0 Å². The summed E-state index contributed by atoms with van der Waals surface area (Å²) < 4.78 is 10.1. The van der Waals surface area contributed by atoms with Gasteiger partial charge in [-0.1, -0.05) is 20.8 Å². The standard InChI is InChI=1S/C11H22O4Si/c1-11(2,3)16(4,5)15-9-7-6-8-14-10(12)13/h6,8H,7,9H2,1-5H3,(H,12,13). The summed E-state index contributed by atoms with van der Waals surface area (Å²) in [7, 11) is -1.68. The Morgan fingerprint density at radius 3 is 2.38 bits per heavy atom. The molecule has 0 saturated carbocycles. The van der Waals surface area contributed by atoms with Gasteiger partial charge in [-0.3, -0.25) is 0 Å². The van der Waals surface area contributed by atoms with E-state index in [4.69, 9.17) is 9.53 Å². The molecule has 0 unspecified atom stereocenters. The topological polar surface area (TPSA) is 55.8 Å². The summed E-state index contributed by atoms with van der Waals surface area (Å²) in [5.41, 5.74) is 0. The van der Waals surface area contributed by atoms with Crippen molar-refractivity contribution in [1.82, 2.24) is 0 Å². The molecular formula is C11H22O4Si. The molecule has 0 atom stereocenters. The highest BCUT2D eigenvalue weighted by atomic mass is 28.4. The molecule has 0 aromatic rings. The molecule has 0 bridgehead atoms. The lowest BCUT2D eigenvalue weighted by Gasteiger charge is -2.36. The second-order valence-corrected chi connectivity index (χ2v) is 9.96. The Balaban J connectivity index is 3.83. The largest absolute Gasteiger partial charge is 0.510 e. The summed E-state index contributed by atoms with van der Waals surface area (Å²) >= 11 is 0. The maximum Gasteiger partial charge on any atom is 0.510 e. The van der Waals surface area contributed by atoms with E-state index in [0.29, 0.717) is 13.0 Å². The van der Waals surface area contributed by atoms with Crippen LogP contribution in [0.15, 0.2) is 12.3 Å². The lowest BCUT2D eigenvalue weighted by molar-refractivity contribution is 0.127. The summed E-state index contributed by atoms with van der Waals surface area (Å²) in [5.74, 6) is 0. The molecule has 94 valence electrons. The third kappa shape index (κ3) is 5.92. The Morgan fingerprint density at radius 1 is 1.38 bits per heavy atom. The van der Waals surface area contributed by atoms with Crippen LogP contribution in [-0.2, 0) is 9.16 Å². The highest BCUT2D eigenvalue weighted by Crippen LogP contribution is 2.36. The number of carboxylic acid groups (broad SMARTS) is 1. The summed E-state index contributed by atoms with van der Waals surface area (Å²) in [6, 6.07) is 0. The van der Waals surface area contributed by atoms with Crippen molar-refractivity contribution >= 4 is 14.5 Å². The fourth-order valence-corrected chi connectivity index (χ4v) is 1.83. The number of hydrogen-bond donors (Lipinski definition) is 1. The van der Waals surface area contributed by atoms with Crippen LogP contribution in [0, 0.1) is 0 Å². The van der Waals surface area contributed by atoms with Gasteiger partial charge in [0.1, 0.15) is 0 Å². The lowest BCUT2D eigenvalue weighted by atomic mass is 10.2. The molecule has 0 heterocycles. The summed E-state index contributed by atoms with van der Waals surface area (Å²) in [5, 5.41) is 8.41. The Kier molecular flexibility index (Phi) is 5.75. The van der Waals surface area contributed by atoms with Gasteiger partial charge < -0.3 is 14.3 Å². The second kappa shape index (κ2) is 6.05. The van der Waals surface area contributed by atoms with Crippen LogP contribution < -0.4 is 0 Å². The first-order valence-corrected chi connectivity index (χ1v) is 8.26. The summed E-state index contributed by atoms with van der Waals surface area (Å²) in [6.45, 7) is 11.5. The first-order chi connectivity index (χ1) is 7.17. The molecule has 0 saturated heterocycles. The minimum absolute atomic E-state index is 0.203. The first-order valence-electron chi connectivity index (χ1n) is 5.35. The zero-order chi connectivity index (χ0) is 12.8. The molecule has 0 fully saturated rings. The molecule has 16 heavy (non-hydrogen) atoms. The number of ether oxygens (including phenoxy) is 1. The fraction of sp³-hybridized carbons (Fsp3) is 0.727. The van der Waals surface area contributed by atoms with Gasteiger partial charge in [0.2, 0.25) is 0 Å². The van der Waals surface area contributed by atoms with Gasteiger partial charge in [0, 0.05) is 6.61 Å². The van der Waals surface area contributed by atoms with Crippen LogP contribution in [0.1, 0.15) is 27.2 Å². The van der Waals surface area contributed by atoms with E-state index in [-0.39, 0.29) is 5.04 Å². The van der Waals surface area contributed by atoms with Crippen molar-refractivity contribution in [3.63, 3.8) is 0 Å². The van der Waals surface area contributed by atoms with Crippen LogP contribution in [0.25, 0.3) is 0 Å². The average Bonchev–Trinajstić information content (AvgIpc) is 2.08. The molecule has 0 aliphatic rings. The molecule has 0 aromatic carbocycles. The number of rotatable bonds is 5. The molecule has 1 N–H and O–H groups in total. The summed E-state index contributed by atoms with van der Waals surface area (Å²) in [4.78, 5) is 10.0. The molecular weight excluding hydrogens is 224 g/mol. The normalized spacial score (nSPS) is 13.1. The van der Waals surface area contributed by atoms with Gasteiger partial charge in [0.05, 0.1) is 6.26 Å². The molecule has 0 spiro atoms. The molecule has 0 rings (SSSR count). The van der Waals surface area contributed by atoms with E-state index >= 15 is 0 Å². The molecule has 0 aliphatic carbocycles. The number of carbonyl (C=O) groups is 1. The van der Waals surface area contributed by atoms with Crippen LogP contribution >= 0.6 is 0 Å². The van der Waals surface area contributed by atoms with Gasteiger partial charge in [-0.15, -0.1) is 0 Å².